The monoisotopic (exact) mass is 322 g/mol. The third kappa shape index (κ3) is 2.28. The Balaban J connectivity index is 2.51. The van der Waals surface area contributed by atoms with Crippen molar-refractivity contribution in [3.63, 3.8) is 0 Å². The molecule has 1 aromatic rings. The number of aliphatic hydroxyl groups is 1. The second kappa shape index (κ2) is 4.07. The van der Waals surface area contributed by atoms with Crippen LogP contribution in [0.25, 0.3) is 0 Å². The third-order valence-electron chi connectivity index (χ3n) is 2.97. The Kier molecular flexibility index (Phi) is 3.12. The van der Waals surface area contributed by atoms with Crippen LogP contribution in [0.4, 0.5) is 0 Å². The predicted octanol–water partition coefficient (Wildman–Crippen LogP) is 1.23. The van der Waals surface area contributed by atoms with E-state index in [2.05, 4.69) is 21.0 Å². The molecular formula is C10H15BrN2O3S. The van der Waals surface area contributed by atoms with E-state index in [1.807, 2.05) is 13.8 Å². The van der Waals surface area contributed by atoms with E-state index in [0.29, 0.717) is 10.2 Å². The summed E-state index contributed by atoms with van der Waals surface area (Å²) in [6.45, 7) is 3.88. The van der Waals surface area contributed by atoms with Gasteiger partial charge in [0.1, 0.15) is 5.60 Å². The van der Waals surface area contributed by atoms with E-state index in [0.717, 1.165) is 0 Å². The number of halogens is 1. The molecule has 0 radical (unpaired) electrons. The Bertz CT molecular complexity index is 538. The van der Waals surface area contributed by atoms with Crippen molar-refractivity contribution in [2.45, 2.75) is 31.9 Å². The minimum absolute atomic E-state index is 0.0270. The Labute approximate surface area is 109 Å². The lowest BCUT2D eigenvalue weighted by Crippen LogP contribution is -2.31. The van der Waals surface area contributed by atoms with Crippen LogP contribution in [0.1, 0.15) is 32.0 Å². The highest BCUT2D eigenvalue weighted by Gasteiger charge is 2.45. The Morgan fingerprint density at radius 2 is 2.24 bits per heavy atom. The van der Waals surface area contributed by atoms with Gasteiger partial charge in [-0.2, -0.15) is 5.10 Å². The summed E-state index contributed by atoms with van der Waals surface area (Å²) in [5, 5.41) is 14.7. The zero-order valence-corrected chi connectivity index (χ0v) is 12.1. The molecular weight excluding hydrogens is 308 g/mol. The second-order valence-corrected chi connectivity index (χ2v) is 7.79. The molecule has 1 N–H and O–H groups in total. The zero-order chi connectivity index (χ0) is 12.8. The summed E-state index contributed by atoms with van der Waals surface area (Å²) in [5.41, 5.74) is -0.757. The average molecular weight is 323 g/mol. The lowest BCUT2D eigenvalue weighted by Gasteiger charge is -2.24. The minimum atomic E-state index is -3.15. The number of nitrogens with zero attached hydrogens (tertiary/aromatic N) is 2. The van der Waals surface area contributed by atoms with E-state index in [1.165, 1.54) is 0 Å². The van der Waals surface area contributed by atoms with Crippen LogP contribution >= 0.6 is 15.9 Å². The number of rotatable bonds is 2. The normalized spacial score (nSPS) is 27.8. The summed E-state index contributed by atoms with van der Waals surface area (Å²) >= 11 is 3.33. The molecule has 1 unspecified atom stereocenters. The van der Waals surface area contributed by atoms with Gasteiger partial charge in [0.05, 0.1) is 27.9 Å². The molecule has 0 aromatic carbocycles. The van der Waals surface area contributed by atoms with Gasteiger partial charge in [-0.15, -0.1) is 0 Å². The van der Waals surface area contributed by atoms with Gasteiger partial charge < -0.3 is 5.11 Å². The summed E-state index contributed by atoms with van der Waals surface area (Å²) in [6.07, 6.45) is 1.82. The van der Waals surface area contributed by atoms with Gasteiger partial charge in [0.15, 0.2) is 9.84 Å². The van der Waals surface area contributed by atoms with E-state index in [1.54, 1.807) is 10.9 Å². The molecule has 0 spiro atoms. The molecule has 1 saturated heterocycles. The molecule has 1 aliphatic rings. The maximum atomic E-state index is 11.5. The van der Waals surface area contributed by atoms with Crippen LogP contribution in [-0.4, -0.2) is 34.8 Å². The molecule has 0 saturated carbocycles. The first-order valence-corrected chi connectivity index (χ1v) is 8.03. The van der Waals surface area contributed by atoms with Crippen LogP contribution < -0.4 is 0 Å². The molecule has 5 nitrogen and oxygen atoms in total. The molecule has 2 rings (SSSR count). The van der Waals surface area contributed by atoms with Gasteiger partial charge in [0, 0.05) is 6.04 Å². The highest BCUT2D eigenvalue weighted by Crippen LogP contribution is 2.38. The van der Waals surface area contributed by atoms with Gasteiger partial charge in [0.2, 0.25) is 0 Å². The fraction of sp³-hybridized carbons (Fsp3) is 0.700. The fourth-order valence-corrected chi connectivity index (χ4v) is 4.63. The first-order chi connectivity index (χ1) is 7.75. The van der Waals surface area contributed by atoms with Crippen molar-refractivity contribution >= 4 is 25.8 Å². The topological polar surface area (TPSA) is 72.2 Å². The largest absolute Gasteiger partial charge is 0.382 e. The molecule has 2 heterocycles. The van der Waals surface area contributed by atoms with E-state index in [9.17, 15) is 13.5 Å². The molecule has 0 amide bonds. The van der Waals surface area contributed by atoms with Crippen molar-refractivity contribution in [3.8, 4) is 0 Å². The van der Waals surface area contributed by atoms with Crippen molar-refractivity contribution in [2.75, 3.05) is 11.5 Å². The quantitative estimate of drug-likeness (QED) is 0.889. The smallest absolute Gasteiger partial charge is 0.153 e. The molecule has 17 heavy (non-hydrogen) atoms. The molecule has 1 aliphatic heterocycles. The van der Waals surface area contributed by atoms with Crippen LogP contribution in [0.3, 0.4) is 0 Å². The van der Waals surface area contributed by atoms with Crippen LogP contribution in [-0.2, 0) is 15.4 Å². The van der Waals surface area contributed by atoms with E-state index >= 15 is 0 Å². The maximum Gasteiger partial charge on any atom is 0.153 e. The number of hydrogen-bond donors (Lipinski definition) is 1. The second-order valence-electron chi connectivity index (χ2n) is 4.75. The van der Waals surface area contributed by atoms with E-state index < -0.39 is 15.4 Å². The van der Waals surface area contributed by atoms with Crippen LogP contribution in [0.5, 0.6) is 0 Å². The minimum Gasteiger partial charge on any atom is -0.382 e. The van der Waals surface area contributed by atoms with Crippen LogP contribution in [0, 0.1) is 0 Å². The van der Waals surface area contributed by atoms with Gasteiger partial charge in [-0.1, -0.05) is 0 Å². The van der Waals surface area contributed by atoms with Crippen molar-refractivity contribution in [1.29, 1.82) is 0 Å². The molecule has 1 aromatic heterocycles. The van der Waals surface area contributed by atoms with Gasteiger partial charge >= 0.3 is 0 Å². The number of sulfone groups is 1. The Morgan fingerprint density at radius 1 is 1.59 bits per heavy atom. The van der Waals surface area contributed by atoms with Crippen molar-refractivity contribution in [1.82, 2.24) is 9.78 Å². The Hall–Kier alpha value is -0.400. The van der Waals surface area contributed by atoms with Crippen LogP contribution in [0.15, 0.2) is 10.7 Å². The molecule has 96 valence electrons. The average Bonchev–Trinajstić information content (AvgIpc) is 2.68. The van der Waals surface area contributed by atoms with Crippen LogP contribution in [0.2, 0.25) is 0 Å². The first kappa shape index (κ1) is 13.0. The van der Waals surface area contributed by atoms with Gasteiger partial charge in [-0.3, -0.25) is 4.68 Å². The molecule has 0 bridgehead atoms. The zero-order valence-electron chi connectivity index (χ0n) is 9.72. The molecule has 1 fully saturated rings. The summed E-state index contributed by atoms with van der Waals surface area (Å²) in [4.78, 5) is 0. The highest BCUT2D eigenvalue weighted by molar-refractivity contribution is 9.10. The van der Waals surface area contributed by atoms with Gasteiger partial charge in [0.25, 0.3) is 0 Å². The number of aromatic nitrogens is 2. The highest BCUT2D eigenvalue weighted by atomic mass is 79.9. The summed E-state index contributed by atoms with van der Waals surface area (Å²) in [6, 6.07) is 0.0728. The lowest BCUT2D eigenvalue weighted by molar-refractivity contribution is 0.0533. The first-order valence-electron chi connectivity index (χ1n) is 5.41. The summed E-state index contributed by atoms with van der Waals surface area (Å²) < 4.78 is 25.4. The molecule has 0 aliphatic carbocycles. The summed E-state index contributed by atoms with van der Waals surface area (Å²) in [5.74, 6) is -0.198. The molecule has 7 heteroatoms. The van der Waals surface area contributed by atoms with Crippen molar-refractivity contribution < 1.29 is 13.5 Å². The maximum absolute atomic E-state index is 11.5. The van der Waals surface area contributed by atoms with Gasteiger partial charge in [-0.05, 0) is 36.2 Å². The van der Waals surface area contributed by atoms with Gasteiger partial charge in [-0.25, -0.2) is 8.42 Å². The van der Waals surface area contributed by atoms with E-state index in [-0.39, 0.29) is 24.0 Å². The predicted molar refractivity (Wildman–Crippen MR) is 67.5 cm³/mol. The molecule has 1 atom stereocenters. The van der Waals surface area contributed by atoms with Crippen molar-refractivity contribution in [2.24, 2.45) is 0 Å². The lowest BCUT2D eigenvalue weighted by atomic mass is 9.99. The van der Waals surface area contributed by atoms with E-state index in [4.69, 9.17) is 0 Å². The number of hydrogen-bond acceptors (Lipinski definition) is 4. The SMILES string of the molecule is CC(C)n1ncc(Br)c1C1(O)CCS(=O)(=O)C1. The third-order valence-corrected chi connectivity index (χ3v) is 5.29. The Morgan fingerprint density at radius 3 is 2.71 bits per heavy atom. The fourth-order valence-electron chi connectivity index (χ4n) is 2.19. The van der Waals surface area contributed by atoms with Crippen molar-refractivity contribution in [3.05, 3.63) is 16.4 Å². The summed E-state index contributed by atoms with van der Waals surface area (Å²) in [7, 11) is -3.15. The standard InChI is InChI=1S/C10H15BrN2O3S/c1-7(2)13-9(8(11)5-12-13)10(14)3-4-17(15,16)6-10/h5,7,14H,3-4,6H2,1-2H3.